The first-order valence-corrected chi connectivity index (χ1v) is 26.7. The van der Waals surface area contributed by atoms with Crippen molar-refractivity contribution in [1.82, 2.24) is 0 Å². The van der Waals surface area contributed by atoms with Gasteiger partial charge in [0.2, 0.25) is 0 Å². The highest BCUT2D eigenvalue weighted by Gasteiger charge is 2.31. The van der Waals surface area contributed by atoms with E-state index < -0.39 is 18.1 Å². The number of likely N-dealkylation sites (N-methyl/N-ethyl adjacent to an activating group) is 1. The number of carbonyl (C=O) groups excluding carboxylic acids is 2. The Hall–Kier alpha value is -2.71. The van der Waals surface area contributed by atoms with Gasteiger partial charge in [0.15, 0.2) is 12.1 Å². The number of esters is 2. The summed E-state index contributed by atoms with van der Waals surface area (Å²) in [6, 6.07) is -0.619. The number of unbranched alkanes of at least 4 members (excludes halogenated alkanes) is 26. The Bertz CT molecular complexity index is 1190. The standard InChI is InChI=1S/C56H101NO7/c1-6-8-10-12-14-16-18-20-22-24-26-27-29-31-33-35-37-39-41-43-45-47-55(59)64-52(50-62-49-48-53(56(60)61)57(3,4)5)51-63-54(58)46-44-42-40-38-36-34-32-30-28-25-23-21-19-17-15-13-11-9-7-2/h14,16,20,22,26-27,31,33,52-53H,6-13,15,17-19,21,23-25,28-30,32,34-51H2,1-5H3/p+1/b16-14+,22-20+,27-26+,33-31+. The first kappa shape index (κ1) is 61.3. The van der Waals surface area contributed by atoms with E-state index in [9.17, 15) is 19.5 Å². The normalized spacial score (nSPS) is 13.2. The molecule has 1 N–H and O–H groups in total. The highest BCUT2D eigenvalue weighted by molar-refractivity contribution is 5.72. The molecule has 0 aromatic rings. The van der Waals surface area contributed by atoms with Crippen LogP contribution in [0.4, 0.5) is 0 Å². The minimum atomic E-state index is -0.877. The molecule has 0 heterocycles. The molecule has 8 nitrogen and oxygen atoms in total. The van der Waals surface area contributed by atoms with Crippen molar-refractivity contribution < 1.29 is 38.2 Å². The van der Waals surface area contributed by atoms with Crippen molar-refractivity contribution >= 4 is 17.9 Å². The minimum Gasteiger partial charge on any atom is -0.477 e. The summed E-state index contributed by atoms with van der Waals surface area (Å²) >= 11 is 0. The van der Waals surface area contributed by atoms with E-state index in [1.165, 1.54) is 128 Å². The zero-order chi connectivity index (χ0) is 47.0. The van der Waals surface area contributed by atoms with Gasteiger partial charge in [-0.15, -0.1) is 0 Å². The predicted molar refractivity (Wildman–Crippen MR) is 271 cm³/mol. The van der Waals surface area contributed by atoms with Gasteiger partial charge in [-0.3, -0.25) is 9.59 Å². The molecule has 2 unspecified atom stereocenters. The SMILES string of the molecule is CCCCC/C=C/C/C=C/C/C=C/C/C=C/CCCCCCCC(=O)OC(COCCC(C(=O)O)[N+](C)(C)C)COC(=O)CCCCCCCCCCCCCCCCCCCCC. The van der Waals surface area contributed by atoms with Crippen molar-refractivity contribution in [2.24, 2.45) is 0 Å². The molecule has 8 heteroatoms. The third-order valence-electron chi connectivity index (χ3n) is 12.0. The summed E-state index contributed by atoms with van der Waals surface area (Å²) in [6.07, 6.45) is 57.3. The predicted octanol–water partition coefficient (Wildman–Crippen LogP) is 15.5. The van der Waals surface area contributed by atoms with Crippen LogP contribution in [0, 0.1) is 0 Å². The van der Waals surface area contributed by atoms with Crippen molar-refractivity contribution in [3.05, 3.63) is 48.6 Å². The summed E-state index contributed by atoms with van der Waals surface area (Å²) in [4.78, 5) is 37.2. The van der Waals surface area contributed by atoms with Crippen LogP contribution in [0.1, 0.15) is 239 Å². The number of rotatable bonds is 48. The number of carboxylic acids is 1. The molecule has 0 fully saturated rings. The van der Waals surface area contributed by atoms with Crippen LogP contribution >= 0.6 is 0 Å². The van der Waals surface area contributed by atoms with Crippen LogP contribution in [0.2, 0.25) is 0 Å². The molecular formula is C56H102NO7+. The van der Waals surface area contributed by atoms with E-state index in [0.29, 0.717) is 19.3 Å². The van der Waals surface area contributed by atoms with Crippen LogP contribution in [0.5, 0.6) is 0 Å². The Morgan fingerprint density at radius 1 is 0.469 bits per heavy atom. The van der Waals surface area contributed by atoms with E-state index in [2.05, 4.69) is 62.5 Å². The van der Waals surface area contributed by atoms with Gasteiger partial charge in [-0.25, -0.2) is 4.79 Å². The first-order chi connectivity index (χ1) is 31.1. The number of carboxylic acid groups (broad SMARTS) is 1. The number of hydrogen-bond donors (Lipinski definition) is 1. The van der Waals surface area contributed by atoms with E-state index in [1.54, 1.807) is 0 Å². The first-order valence-electron chi connectivity index (χ1n) is 26.7. The summed E-state index contributed by atoms with van der Waals surface area (Å²) in [5.74, 6) is -1.48. The fourth-order valence-corrected chi connectivity index (χ4v) is 7.84. The smallest absolute Gasteiger partial charge is 0.362 e. The maximum absolute atomic E-state index is 12.8. The van der Waals surface area contributed by atoms with Gasteiger partial charge in [-0.2, -0.15) is 0 Å². The summed E-state index contributed by atoms with van der Waals surface area (Å²) in [5.41, 5.74) is 0. The fourth-order valence-electron chi connectivity index (χ4n) is 7.84. The van der Waals surface area contributed by atoms with E-state index in [0.717, 1.165) is 77.0 Å². The van der Waals surface area contributed by atoms with Crippen molar-refractivity contribution in [3.63, 3.8) is 0 Å². The average molecular weight is 901 g/mol. The molecule has 0 aliphatic carbocycles. The maximum atomic E-state index is 12.8. The number of aliphatic carboxylic acids is 1. The topological polar surface area (TPSA) is 99.1 Å². The van der Waals surface area contributed by atoms with Crippen LogP contribution in [0.25, 0.3) is 0 Å². The van der Waals surface area contributed by atoms with Gasteiger partial charge in [0.1, 0.15) is 6.61 Å². The zero-order valence-corrected chi connectivity index (χ0v) is 42.5. The summed E-state index contributed by atoms with van der Waals surface area (Å²) < 4.78 is 17.4. The summed E-state index contributed by atoms with van der Waals surface area (Å²) in [7, 11) is 5.53. The van der Waals surface area contributed by atoms with E-state index >= 15 is 0 Å². The summed E-state index contributed by atoms with van der Waals surface area (Å²) in [5, 5.41) is 9.66. The molecule has 0 radical (unpaired) electrons. The molecule has 0 aromatic carbocycles. The molecule has 0 saturated carbocycles. The quantitative estimate of drug-likeness (QED) is 0.0281. The second-order valence-electron chi connectivity index (χ2n) is 19.1. The second-order valence-corrected chi connectivity index (χ2v) is 19.1. The lowest BCUT2D eigenvalue weighted by molar-refractivity contribution is -0.887. The van der Waals surface area contributed by atoms with Crippen LogP contribution in [0.15, 0.2) is 48.6 Å². The third-order valence-corrected chi connectivity index (χ3v) is 12.0. The lowest BCUT2D eigenvalue weighted by Gasteiger charge is -2.31. The second kappa shape index (κ2) is 46.8. The number of nitrogens with zero attached hydrogens (tertiary/aromatic N) is 1. The van der Waals surface area contributed by atoms with Crippen LogP contribution < -0.4 is 0 Å². The highest BCUT2D eigenvalue weighted by atomic mass is 16.6. The molecule has 2 atom stereocenters. The molecule has 64 heavy (non-hydrogen) atoms. The van der Waals surface area contributed by atoms with Gasteiger partial charge in [-0.05, 0) is 57.8 Å². The molecule has 0 rings (SSSR count). The lowest BCUT2D eigenvalue weighted by Crippen LogP contribution is -2.50. The number of allylic oxidation sites excluding steroid dienone is 8. The summed E-state index contributed by atoms with van der Waals surface area (Å²) in [6.45, 7) is 4.72. The van der Waals surface area contributed by atoms with Gasteiger partial charge in [-0.1, -0.05) is 210 Å². The Morgan fingerprint density at radius 2 is 0.828 bits per heavy atom. The van der Waals surface area contributed by atoms with Gasteiger partial charge < -0.3 is 23.8 Å². The van der Waals surface area contributed by atoms with Crippen LogP contribution in [-0.4, -0.2) is 80.6 Å². The van der Waals surface area contributed by atoms with Crippen molar-refractivity contribution in [2.75, 3.05) is 41.0 Å². The number of quaternary nitrogens is 1. The zero-order valence-electron chi connectivity index (χ0n) is 42.5. The molecule has 0 aliphatic heterocycles. The molecule has 0 bridgehead atoms. The number of carbonyl (C=O) groups is 3. The average Bonchev–Trinajstić information content (AvgIpc) is 3.26. The van der Waals surface area contributed by atoms with Gasteiger partial charge in [0.25, 0.3) is 0 Å². The van der Waals surface area contributed by atoms with Gasteiger partial charge in [0.05, 0.1) is 34.4 Å². The monoisotopic (exact) mass is 901 g/mol. The van der Waals surface area contributed by atoms with Crippen molar-refractivity contribution in [2.45, 2.75) is 251 Å². The molecule has 0 saturated heterocycles. The fraction of sp³-hybridized carbons (Fsp3) is 0.804. The molecular weight excluding hydrogens is 799 g/mol. The molecule has 0 amide bonds. The molecule has 0 aliphatic rings. The van der Waals surface area contributed by atoms with E-state index in [1.807, 2.05) is 21.1 Å². The Labute approximate surface area is 395 Å². The largest absolute Gasteiger partial charge is 0.477 e. The van der Waals surface area contributed by atoms with E-state index in [-0.39, 0.29) is 36.2 Å². The third kappa shape index (κ3) is 44.5. The minimum absolute atomic E-state index is 0.0548. The van der Waals surface area contributed by atoms with Gasteiger partial charge >= 0.3 is 17.9 Å². The lowest BCUT2D eigenvalue weighted by atomic mass is 10.0. The van der Waals surface area contributed by atoms with Crippen molar-refractivity contribution in [1.29, 1.82) is 0 Å². The van der Waals surface area contributed by atoms with E-state index in [4.69, 9.17) is 14.2 Å². The Kier molecular flexibility index (Phi) is 44.8. The highest BCUT2D eigenvalue weighted by Crippen LogP contribution is 2.16. The molecule has 0 aromatic heterocycles. The maximum Gasteiger partial charge on any atom is 0.362 e. The van der Waals surface area contributed by atoms with Crippen LogP contribution in [0.3, 0.4) is 0 Å². The van der Waals surface area contributed by atoms with Crippen LogP contribution in [-0.2, 0) is 28.6 Å². The number of hydrogen-bond acceptors (Lipinski definition) is 6. The molecule has 372 valence electrons. The molecule has 0 spiro atoms. The Balaban J connectivity index is 4.26. The van der Waals surface area contributed by atoms with Gasteiger partial charge in [0, 0.05) is 19.3 Å². The number of ether oxygens (including phenoxy) is 3. The van der Waals surface area contributed by atoms with Crippen molar-refractivity contribution in [3.8, 4) is 0 Å². The Morgan fingerprint density at radius 3 is 1.25 bits per heavy atom.